The lowest BCUT2D eigenvalue weighted by atomic mass is 9.64. The van der Waals surface area contributed by atoms with Crippen LogP contribution in [0.25, 0.3) is 27.5 Å². The Morgan fingerprint density at radius 1 is 0.821 bits per heavy atom. The van der Waals surface area contributed by atoms with Crippen molar-refractivity contribution >= 4 is 16.3 Å². The maximum atomic E-state index is 2.42. The van der Waals surface area contributed by atoms with Crippen molar-refractivity contribution in [3.8, 4) is 11.1 Å². The third kappa shape index (κ3) is 2.51. The van der Waals surface area contributed by atoms with E-state index in [1.807, 2.05) is 0 Å². The van der Waals surface area contributed by atoms with Crippen molar-refractivity contribution in [1.29, 1.82) is 0 Å². The molecule has 3 aromatic rings. The molecular weight excluding hydrogens is 336 g/mol. The molecule has 0 spiro atoms. The van der Waals surface area contributed by atoms with Gasteiger partial charge in [-0.25, -0.2) is 0 Å². The second-order valence-electron chi connectivity index (χ2n) is 8.78. The average molecular weight is 363 g/mol. The Bertz CT molecular complexity index is 1110. The highest BCUT2D eigenvalue weighted by Crippen LogP contribution is 2.49. The molecule has 1 unspecified atom stereocenters. The average Bonchev–Trinajstić information content (AvgIpc) is 2.73. The molecule has 0 nitrogen and oxygen atoms in total. The first-order valence-electron chi connectivity index (χ1n) is 10.9. The SMILES string of the molecule is C1=CC2=C(CC1)C(C1CCC1)Cc1c2ccc2cc(-c3ccccc3)ccc12. The summed E-state index contributed by atoms with van der Waals surface area (Å²) in [7, 11) is 0. The van der Waals surface area contributed by atoms with Crippen molar-refractivity contribution in [1.82, 2.24) is 0 Å². The third-order valence-electron chi connectivity index (χ3n) is 7.33. The van der Waals surface area contributed by atoms with Crippen LogP contribution in [0.1, 0.15) is 43.2 Å². The highest BCUT2D eigenvalue weighted by atomic mass is 14.4. The van der Waals surface area contributed by atoms with Crippen LogP contribution in [0.15, 0.2) is 78.4 Å². The Morgan fingerprint density at radius 2 is 1.71 bits per heavy atom. The van der Waals surface area contributed by atoms with E-state index in [-0.39, 0.29) is 0 Å². The van der Waals surface area contributed by atoms with E-state index >= 15 is 0 Å². The second kappa shape index (κ2) is 6.48. The highest BCUT2D eigenvalue weighted by molar-refractivity contribution is 5.96. The van der Waals surface area contributed by atoms with Crippen LogP contribution in [0.3, 0.4) is 0 Å². The van der Waals surface area contributed by atoms with E-state index in [0.29, 0.717) is 0 Å². The molecular formula is C28H26. The maximum Gasteiger partial charge on any atom is -0.0125 e. The van der Waals surface area contributed by atoms with Crippen molar-refractivity contribution in [3.63, 3.8) is 0 Å². The van der Waals surface area contributed by atoms with Gasteiger partial charge in [0.25, 0.3) is 0 Å². The summed E-state index contributed by atoms with van der Waals surface area (Å²) >= 11 is 0. The van der Waals surface area contributed by atoms with Gasteiger partial charge in [-0.15, -0.1) is 0 Å². The number of rotatable bonds is 2. The van der Waals surface area contributed by atoms with E-state index in [4.69, 9.17) is 0 Å². The Labute approximate surface area is 167 Å². The van der Waals surface area contributed by atoms with Crippen molar-refractivity contribution in [2.45, 2.75) is 38.5 Å². The minimum Gasteiger partial charge on any atom is -0.0836 e. The predicted octanol–water partition coefficient (Wildman–Crippen LogP) is 7.58. The van der Waals surface area contributed by atoms with Gasteiger partial charge in [0.15, 0.2) is 0 Å². The topological polar surface area (TPSA) is 0 Å². The summed E-state index contributed by atoms with van der Waals surface area (Å²) in [5, 5.41) is 2.85. The van der Waals surface area contributed by atoms with Gasteiger partial charge in [0, 0.05) is 0 Å². The molecule has 0 aliphatic heterocycles. The molecule has 0 saturated heterocycles. The van der Waals surface area contributed by atoms with Crippen molar-refractivity contribution in [2.24, 2.45) is 11.8 Å². The fraction of sp³-hybridized carbons (Fsp3) is 0.286. The van der Waals surface area contributed by atoms with Crippen LogP contribution in [0.2, 0.25) is 0 Å². The molecule has 0 heterocycles. The minimum absolute atomic E-state index is 0.778. The highest BCUT2D eigenvalue weighted by Gasteiger charge is 2.35. The lowest BCUT2D eigenvalue weighted by molar-refractivity contribution is 0.227. The standard InChI is InChI=1S/C28H26/c1-2-7-19(8-3-1)21-13-15-23-22(17-21)14-16-26-24-11-4-5-12-25(24)27(18-28(23)26)20-9-6-10-20/h1-4,7-8,11,13-17,20,27H,5-6,9-10,12,18H2. The molecule has 3 aliphatic carbocycles. The number of benzene rings is 3. The molecule has 0 heteroatoms. The molecule has 0 amide bonds. The first kappa shape index (κ1) is 16.4. The largest absolute Gasteiger partial charge is 0.0836 e. The molecule has 1 saturated carbocycles. The van der Waals surface area contributed by atoms with Crippen LogP contribution in [0, 0.1) is 11.8 Å². The van der Waals surface area contributed by atoms with E-state index in [0.717, 1.165) is 11.8 Å². The molecule has 0 bridgehead atoms. The molecule has 6 rings (SSSR count). The monoisotopic (exact) mass is 362 g/mol. The van der Waals surface area contributed by atoms with Crippen LogP contribution in [0.4, 0.5) is 0 Å². The Balaban J connectivity index is 1.51. The van der Waals surface area contributed by atoms with Crippen molar-refractivity contribution in [3.05, 3.63) is 89.5 Å². The van der Waals surface area contributed by atoms with Gasteiger partial charge in [-0.1, -0.05) is 78.7 Å². The summed E-state index contributed by atoms with van der Waals surface area (Å²) in [5.74, 6) is 1.70. The van der Waals surface area contributed by atoms with Gasteiger partial charge in [0.05, 0.1) is 0 Å². The fourth-order valence-corrected chi connectivity index (χ4v) is 5.64. The van der Waals surface area contributed by atoms with Gasteiger partial charge in [0.1, 0.15) is 0 Å². The van der Waals surface area contributed by atoms with E-state index in [1.165, 1.54) is 66.0 Å². The summed E-state index contributed by atoms with van der Waals surface area (Å²) in [6.45, 7) is 0. The molecule has 1 fully saturated rings. The maximum absolute atomic E-state index is 2.42. The Morgan fingerprint density at radius 3 is 2.54 bits per heavy atom. The number of allylic oxidation sites excluding steroid dienone is 4. The molecule has 138 valence electrons. The quantitative estimate of drug-likeness (QED) is 0.440. The zero-order valence-electron chi connectivity index (χ0n) is 16.3. The summed E-state index contributed by atoms with van der Waals surface area (Å²) < 4.78 is 0. The van der Waals surface area contributed by atoms with Crippen LogP contribution >= 0.6 is 0 Å². The van der Waals surface area contributed by atoms with Crippen molar-refractivity contribution < 1.29 is 0 Å². The molecule has 3 aliphatic rings. The van der Waals surface area contributed by atoms with Crippen molar-refractivity contribution in [2.75, 3.05) is 0 Å². The van der Waals surface area contributed by atoms with Gasteiger partial charge in [-0.05, 0) is 88.6 Å². The van der Waals surface area contributed by atoms with E-state index in [9.17, 15) is 0 Å². The lowest BCUT2D eigenvalue weighted by Crippen LogP contribution is -2.29. The zero-order chi connectivity index (χ0) is 18.5. The smallest absolute Gasteiger partial charge is 0.0125 e. The molecule has 0 aromatic heterocycles. The fourth-order valence-electron chi connectivity index (χ4n) is 5.64. The second-order valence-corrected chi connectivity index (χ2v) is 8.78. The number of hydrogen-bond acceptors (Lipinski definition) is 0. The molecule has 1 atom stereocenters. The van der Waals surface area contributed by atoms with E-state index in [1.54, 1.807) is 16.7 Å². The van der Waals surface area contributed by atoms with Crippen LogP contribution in [-0.4, -0.2) is 0 Å². The zero-order valence-corrected chi connectivity index (χ0v) is 16.3. The molecule has 28 heavy (non-hydrogen) atoms. The number of hydrogen-bond donors (Lipinski definition) is 0. The first-order chi connectivity index (χ1) is 13.9. The summed E-state index contributed by atoms with van der Waals surface area (Å²) in [5.41, 5.74) is 9.03. The summed E-state index contributed by atoms with van der Waals surface area (Å²) in [4.78, 5) is 0. The summed E-state index contributed by atoms with van der Waals surface area (Å²) in [6, 6.07) is 22.6. The lowest BCUT2D eigenvalue weighted by Gasteiger charge is -2.40. The normalized spacial score (nSPS) is 21.4. The van der Waals surface area contributed by atoms with Gasteiger partial charge in [0.2, 0.25) is 0 Å². The van der Waals surface area contributed by atoms with Crippen LogP contribution in [-0.2, 0) is 6.42 Å². The molecule has 3 aromatic carbocycles. The number of fused-ring (bicyclic) bond motifs is 4. The summed E-state index contributed by atoms with van der Waals surface area (Å²) in [6.07, 6.45) is 12.9. The third-order valence-corrected chi connectivity index (χ3v) is 7.33. The van der Waals surface area contributed by atoms with E-state index < -0.39 is 0 Å². The molecule has 0 radical (unpaired) electrons. The van der Waals surface area contributed by atoms with E-state index in [2.05, 4.69) is 72.8 Å². The first-order valence-corrected chi connectivity index (χ1v) is 10.9. The van der Waals surface area contributed by atoms with Gasteiger partial charge >= 0.3 is 0 Å². The minimum atomic E-state index is 0.778. The molecule has 0 N–H and O–H groups in total. The van der Waals surface area contributed by atoms with Gasteiger partial charge < -0.3 is 0 Å². The van der Waals surface area contributed by atoms with Crippen LogP contribution < -0.4 is 0 Å². The van der Waals surface area contributed by atoms with Gasteiger partial charge in [-0.2, -0.15) is 0 Å². The Hall–Kier alpha value is -2.60. The van der Waals surface area contributed by atoms with Gasteiger partial charge in [-0.3, -0.25) is 0 Å². The van der Waals surface area contributed by atoms with Crippen LogP contribution in [0.5, 0.6) is 0 Å². The predicted molar refractivity (Wildman–Crippen MR) is 119 cm³/mol. The Kier molecular flexibility index (Phi) is 3.79.